The predicted octanol–water partition coefficient (Wildman–Crippen LogP) is 5.38. The van der Waals surface area contributed by atoms with Gasteiger partial charge in [-0.2, -0.15) is 9.61 Å². The van der Waals surface area contributed by atoms with Crippen LogP contribution in [0, 0.1) is 0 Å². The fraction of sp³-hybridized carbons (Fsp3) is 0.217. The molecule has 0 aliphatic heterocycles. The van der Waals surface area contributed by atoms with E-state index in [0.717, 1.165) is 35.7 Å². The molecule has 0 amide bonds. The van der Waals surface area contributed by atoms with E-state index in [1.54, 1.807) is 6.20 Å². The highest BCUT2D eigenvalue weighted by Gasteiger charge is 2.09. The highest BCUT2D eigenvalue weighted by molar-refractivity contribution is 5.60. The van der Waals surface area contributed by atoms with Gasteiger partial charge in [-0.3, -0.25) is 0 Å². The van der Waals surface area contributed by atoms with Gasteiger partial charge in [0.15, 0.2) is 5.65 Å². The summed E-state index contributed by atoms with van der Waals surface area (Å²) in [7, 11) is 0. The minimum atomic E-state index is 0.479. The van der Waals surface area contributed by atoms with Gasteiger partial charge < -0.3 is 5.32 Å². The van der Waals surface area contributed by atoms with E-state index in [4.69, 9.17) is 0 Å². The van der Waals surface area contributed by atoms with Crippen molar-refractivity contribution in [2.75, 3.05) is 5.32 Å². The number of hydrogen-bond acceptors (Lipinski definition) is 3. The first-order valence-corrected chi connectivity index (χ1v) is 9.47. The van der Waals surface area contributed by atoms with Gasteiger partial charge in [0.25, 0.3) is 0 Å². The fourth-order valence-corrected chi connectivity index (χ4v) is 3.36. The Morgan fingerprint density at radius 2 is 1.78 bits per heavy atom. The first kappa shape index (κ1) is 17.3. The number of aromatic nitrogens is 3. The lowest BCUT2D eigenvalue weighted by atomic mass is 9.94. The van der Waals surface area contributed by atoms with Crippen LogP contribution in [0.5, 0.6) is 0 Å². The number of fused-ring (bicyclic) bond motifs is 1. The van der Waals surface area contributed by atoms with E-state index >= 15 is 0 Å². The van der Waals surface area contributed by atoms with Gasteiger partial charge in [-0.15, -0.1) is 0 Å². The molecule has 1 unspecified atom stereocenters. The van der Waals surface area contributed by atoms with Crippen molar-refractivity contribution in [1.29, 1.82) is 0 Å². The Labute approximate surface area is 159 Å². The average molecular weight is 356 g/mol. The van der Waals surface area contributed by atoms with Crippen LogP contribution in [-0.2, 0) is 12.8 Å². The van der Waals surface area contributed by atoms with E-state index < -0.39 is 0 Å². The Bertz CT molecular complexity index is 1020. The molecule has 0 aliphatic rings. The van der Waals surface area contributed by atoms with Crippen LogP contribution in [0.15, 0.2) is 72.9 Å². The van der Waals surface area contributed by atoms with E-state index in [9.17, 15) is 0 Å². The Morgan fingerprint density at radius 3 is 2.52 bits per heavy atom. The summed E-state index contributed by atoms with van der Waals surface area (Å²) in [5.74, 6) is 1.42. The molecule has 0 saturated heterocycles. The van der Waals surface area contributed by atoms with E-state index in [1.165, 1.54) is 11.1 Å². The average Bonchev–Trinajstić information content (AvgIpc) is 3.18. The molecule has 27 heavy (non-hydrogen) atoms. The number of nitrogens with zero attached hydrogens (tertiary/aromatic N) is 3. The molecule has 0 fully saturated rings. The molecule has 0 aliphatic carbocycles. The molecule has 0 spiro atoms. The number of hydrogen-bond donors (Lipinski definition) is 1. The maximum Gasteiger partial charge on any atom is 0.157 e. The minimum absolute atomic E-state index is 0.479. The van der Waals surface area contributed by atoms with E-state index in [-0.39, 0.29) is 0 Å². The molecule has 4 heteroatoms. The molecule has 0 radical (unpaired) electrons. The van der Waals surface area contributed by atoms with E-state index in [2.05, 4.69) is 89.9 Å². The first-order chi connectivity index (χ1) is 13.2. The smallest absolute Gasteiger partial charge is 0.157 e. The lowest BCUT2D eigenvalue weighted by Gasteiger charge is -2.14. The molecule has 0 bridgehead atoms. The van der Waals surface area contributed by atoms with Crippen LogP contribution < -0.4 is 5.32 Å². The van der Waals surface area contributed by atoms with Crippen LogP contribution in [-0.4, -0.2) is 14.6 Å². The van der Waals surface area contributed by atoms with Crippen LogP contribution in [0.3, 0.4) is 0 Å². The van der Waals surface area contributed by atoms with E-state index in [0.29, 0.717) is 5.92 Å². The van der Waals surface area contributed by atoms with Crippen LogP contribution >= 0.6 is 0 Å². The zero-order chi connectivity index (χ0) is 18.6. The molecule has 0 saturated carbocycles. The predicted molar refractivity (Wildman–Crippen MR) is 111 cm³/mol. The monoisotopic (exact) mass is 356 g/mol. The second kappa shape index (κ2) is 7.62. The topological polar surface area (TPSA) is 42.2 Å². The Hall–Kier alpha value is -3.14. The standard InChI is InChI=1S/C23H24N4/c1-3-20-16-23(27-22(25-20)13-14-24-27)26-21-11-9-19(10-12-21)17(2)15-18-7-5-4-6-8-18/h4-14,16-17,26H,3,15H2,1-2H3. The Morgan fingerprint density at radius 1 is 1.00 bits per heavy atom. The van der Waals surface area contributed by atoms with Crippen LogP contribution in [0.2, 0.25) is 0 Å². The van der Waals surface area contributed by atoms with Crippen molar-refractivity contribution in [1.82, 2.24) is 14.6 Å². The fourth-order valence-electron chi connectivity index (χ4n) is 3.36. The summed E-state index contributed by atoms with van der Waals surface area (Å²) in [6.07, 6.45) is 3.72. The number of benzene rings is 2. The zero-order valence-corrected chi connectivity index (χ0v) is 15.8. The molecule has 2 aromatic heterocycles. The van der Waals surface area contributed by atoms with Crippen LogP contribution in [0.25, 0.3) is 5.65 Å². The second-order valence-electron chi connectivity index (χ2n) is 6.93. The lowest BCUT2D eigenvalue weighted by Crippen LogP contribution is -2.04. The van der Waals surface area contributed by atoms with Crippen LogP contribution in [0.4, 0.5) is 11.5 Å². The normalized spacial score (nSPS) is 12.2. The summed E-state index contributed by atoms with van der Waals surface area (Å²) in [5.41, 5.74) is 5.69. The minimum Gasteiger partial charge on any atom is -0.340 e. The highest BCUT2D eigenvalue weighted by Crippen LogP contribution is 2.24. The van der Waals surface area contributed by atoms with E-state index in [1.807, 2.05) is 10.6 Å². The molecule has 4 aromatic rings. The van der Waals surface area contributed by atoms with Crippen molar-refractivity contribution in [3.8, 4) is 0 Å². The third-order valence-corrected chi connectivity index (χ3v) is 4.91. The number of rotatable bonds is 6. The highest BCUT2D eigenvalue weighted by atomic mass is 15.3. The van der Waals surface area contributed by atoms with Gasteiger partial charge in [0.05, 0.1) is 6.20 Å². The number of aryl methyl sites for hydroxylation is 1. The van der Waals surface area contributed by atoms with Gasteiger partial charge in [0.2, 0.25) is 0 Å². The van der Waals surface area contributed by atoms with Crippen molar-refractivity contribution in [3.63, 3.8) is 0 Å². The van der Waals surface area contributed by atoms with Crippen molar-refractivity contribution in [3.05, 3.63) is 89.7 Å². The molecule has 4 rings (SSSR count). The molecular formula is C23H24N4. The van der Waals surface area contributed by atoms with Crippen LogP contribution in [0.1, 0.15) is 36.6 Å². The molecular weight excluding hydrogens is 332 g/mol. The second-order valence-corrected chi connectivity index (χ2v) is 6.93. The first-order valence-electron chi connectivity index (χ1n) is 9.47. The summed E-state index contributed by atoms with van der Waals surface area (Å²) < 4.78 is 1.84. The summed E-state index contributed by atoms with van der Waals surface area (Å²) in [5, 5.41) is 7.86. The van der Waals surface area contributed by atoms with Crippen molar-refractivity contribution < 1.29 is 0 Å². The third kappa shape index (κ3) is 3.85. The van der Waals surface area contributed by atoms with Gasteiger partial charge in [-0.25, -0.2) is 4.98 Å². The quantitative estimate of drug-likeness (QED) is 0.504. The van der Waals surface area contributed by atoms with Crippen molar-refractivity contribution >= 4 is 17.2 Å². The van der Waals surface area contributed by atoms with Gasteiger partial charge in [0.1, 0.15) is 5.82 Å². The van der Waals surface area contributed by atoms with Gasteiger partial charge in [-0.1, -0.05) is 56.3 Å². The molecule has 2 aromatic carbocycles. The van der Waals surface area contributed by atoms with Crippen molar-refractivity contribution in [2.24, 2.45) is 0 Å². The molecule has 136 valence electrons. The summed E-state index contributed by atoms with van der Waals surface area (Å²) in [6, 6.07) is 23.3. The maximum atomic E-state index is 4.59. The largest absolute Gasteiger partial charge is 0.340 e. The van der Waals surface area contributed by atoms with Gasteiger partial charge in [-0.05, 0) is 42.0 Å². The van der Waals surface area contributed by atoms with Gasteiger partial charge >= 0.3 is 0 Å². The summed E-state index contributed by atoms with van der Waals surface area (Å²) in [6.45, 7) is 4.39. The maximum absolute atomic E-state index is 4.59. The molecule has 1 N–H and O–H groups in total. The zero-order valence-electron chi connectivity index (χ0n) is 15.8. The third-order valence-electron chi connectivity index (χ3n) is 4.91. The molecule has 4 nitrogen and oxygen atoms in total. The molecule has 2 heterocycles. The Kier molecular flexibility index (Phi) is 4.88. The summed E-state index contributed by atoms with van der Waals surface area (Å²) >= 11 is 0. The van der Waals surface area contributed by atoms with Crippen molar-refractivity contribution in [2.45, 2.75) is 32.6 Å². The SMILES string of the molecule is CCc1cc(Nc2ccc(C(C)Cc3ccccc3)cc2)n2nccc2n1. The summed E-state index contributed by atoms with van der Waals surface area (Å²) in [4.78, 5) is 4.59. The molecule has 1 atom stereocenters. The number of nitrogens with one attached hydrogen (secondary N) is 1. The van der Waals surface area contributed by atoms with Gasteiger partial charge in [0, 0.05) is 23.5 Å². The Balaban J connectivity index is 1.52. The lowest BCUT2D eigenvalue weighted by molar-refractivity contribution is 0.759. The number of anilines is 2.